The highest BCUT2D eigenvalue weighted by Gasteiger charge is 2.30. The summed E-state index contributed by atoms with van der Waals surface area (Å²) >= 11 is 5.86. The third kappa shape index (κ3) is 3.98. The van der Waals surface area contributed by atoms with Gasteiger partial charge in [-0.3, -0.25) is 4.98 Å². The number of methoxy groups -OCH3 is 1. The number of hydrogen-bond donors (Lipinski definition) is 0. The molecule has 1 atom stereocenters. The Morgan fingerprint density at radius 3 is 2.56 bits per heavy atom. The van der Waals surface area contributed by atoms with Crippen LogP contribution < -0.4 is 0 Å². The molecular weight excluding hydrogens is 243 g/mol. The van der Waals surface area contributed by atoms with E-state index in [4.69, 9.17) is 16.3 Å². The minimum absolute atomic E-state index is 0.283. The van der Waals surface area contributed by atoms with Gasteiger partial charge in [-0.15, -0.1) is 11.6 Å². The van der Waals surface area contributed by atoms with Crippen molar-refractivity contribution in [2.24, 2.45) is 0 Å². The van der Waals surface area contributed by atoms with Crippen molar-refractivity contribution in [1.29, 1.82) is 0 Å². The van der Waals surface area contributed by atoms with Crippen molar-refractivity contribution in [1.82, 2.24) is 4.98 Å². The molecule has 0 saturated carbocycles. The Hall–Kier alpha value is -0.810. The maximum absolute atomic E-state index is 12.2. The lowest BCUT2D eigenvalue weighted by molar-refractivity contribution is -0.137. The zero-order chi connectivity index (χ0) is 12.2. The standard InChI is InChI=1S/C10H11ClF3NO/c1-16-6-8(11)4-9-3-2-7(5-15-9)10(12,13)14/h2-3,5,8H,4,6H2,1H3. The average Bonchev–Trinajstić information content (AvgIpc) is 2.17. The lowest BCUT2D eigenvalue weighted by Gasteiger charge is -2.09. The molecule has 1 aromatic heterocycles. The van der Waals surface area contributed by atoms with Crippen LogP contribution in [0, 0.1) is 0 Å². The lowest BCUT2D eigenvalue weighted by atomic mass is 10.2. The van der Waals surface area contributed by atoms with Crippen molar-refractivity contribution in [3.8, 4) is 0 Å². The Kier molecular flexibility index (Phi) is 4.56. The lowest BCUT2D eigenvalue weighted by Crippen LogP contribution is -2.12. The van der Waals surface area contributed by atoms with Gasteiger partial charge in [0.1, 0.15) is 0 Å². The van der Waals surface area contributed by atoms with Crippen molar-refractivity contribution in [2.75, 3.05) is 13.7 Å². The van der Waals surface area contributed by atoms with Gasteiger partial charge in [0, 0.05) is 25.4 Å². The van der Waals surface area contributed by atoms with E-state index in [9.17, 15) is 13.2 Å². The zero-order valence-corrected chi connectivity index (χ0v) is 9.35. The number of halogens is 4. The summed E-state index contributed by atoms with van der Waals surface area (Å²) in [6, 6.07) is 2.33. The summed E-state index contributed by atoms with van der Waals surface area (Å²) in [6.45, 7) is 0.338. The van der Waals surface area contributed by atoms with E-state index in [0.717, 1.165) is 12.3 Å². The molecule has 90 valence electrons. The van der Waals surface area contributed by atoms with E-state index in [1.807, 2.05) is 0 Å². The van der Waals surface area contributed by atoms with E-state index in [-0.39, 0.29) is 5.38 Å². The predicted molar refractivity (Wildman–Crippen MR) is 54.5 cm³/mol. The molecule has 0 fully saturated rings. The quantitative estimate of drug-likeness (QED) is 0.770. The molecule has 0 aliphatic carbocycles. The highest BCUT2D eigenvalue weighted by atomic mass is 35.5. The minimum atomic E-state index is -4.35. The molecule has 0 radical (unpaired) electrons. The minimum Gasteiger partial charge on any atom is -0.383 e. The topological polar surface area (TPSA) is 22.1 Å². The van der Waals surface area contributed by atoms with E-state index in [0.29, 0.717) is 18.7 Å². The Bertz CT molecular complexity index is 326. The monoisotopic (exact) mass is 253 g/mol. The third-order valence-electron chi connectivity index (χ3n) is 1.93. The Labute approximate surface area is 96.4 Å². The highest BCUT2D eigenvalue weighted by molar-refractivity contribution is 6.20. The van der Waals surface area contributed by atoms with E-state index in [1.54, 1.807) is 0 Å². The highest BCUT2D eigenvalue weighted by Crippen LogP contribution is 2.28. The van der Waals surface area contributed by atoms with Crippen LogP contribution in [-0.4, -0.2) is 24.1 Å². The third-order valence-corrected chi connectivity index (χ3v) is 2.21. The smallest absolute Gasteiger partial charge is 0.383 e. The molecule has 0 spiro atoms. The van der Waals surface area contributed by atoms with Crippen LogP contribution in [0.25, 0.3) is 0 Å². The van der Waals surface area contributed by atoms with Crippen molar-refractivity contribution in [3.05, 3.63) is 29.6 Å². The number of ether oxygens (including phenoxy) is 1. The molecule has 2 nitrogen and oxygen atoms in total. The maximum Gasteiger partial charge on any atom is 0.417 e. The van der Waals surface area contributed by atoms with Crippen LogP contribution in [0.5, 0.6) is 0 Å². The molecule has 1 heterocycles. The van der Waals surface area contributed by atoms with Crippen LogP contribution in [0.1, 0.15) is 11.3 Å². The van der Waals surface area contributed by atoms with Gasteiger partial charge in [0.2, 0.25) is 0 Å². The zero-order valence-electron chi connectivity index (χ0n) is 8.59. The normalized spacial score (nSPS) is 13.8. The Balaban J connectivity index is 2.65. The number of aromatic nitrogens is 1. The molecule has 0 aliphatic heterocycles. The Morgan fingerprint density at radius 1 is 1.44 bits per heavy atom. The molecule has 1 unspecified atom stereocenters. The molecule has 0 amide bonds. The van der Waals surface area contributed by atoms with Crippen LogP contribution in [0.4, 0.5) is 13.2 Å². The number of alkyl halides is 4. The molecule has 0 bridgehead atoms. The molecule has 16 heavy (non-hydrogen) atoms. The first-order chi connectivity index (χ1) is 7.43. The van der Waals surface area contributed by atoms with Crippen molar-refractivity contribution >= 4 is 11.6 Å². The summed E-state index contributed by atoms with van der Waals surface area (Å²) in [5, 5.41) is -0.283. The molecule has 6 heteroatoms. The summed E-state index contributed by atoms with van der Waals surface area (Å²) in [4.78, 5) is 3.71. The van der Waals surface area contributed by atoms with Gasteiger partial charge in [-0.25, -0.2) is 0 Å². The molecule has 1 rings (SSSR count). The number of pyridine rings is 1. The largest absolute Gasteiger partial charge is 0.417 e. The summed E-state index contributed by atoms with van der Waals surface area (Å²) in [5.41, 5.74) is -0.237. The van der Waals surface area contributed by atoms with Crippen LogP contribution in [0.15, 0.2) is 18.3 Å². The fourth-order valence-electron chi connectivity index (χ4n) is 1.18. The molecule has 0 N–H and O–H groups in total. The fourth-order valence-corrected chi connectivity index (χ4v) is 1.46. The van der Waals surface area contributed by atoms with Gasteiger partial charge in [0.05, 0.1) is 17.5 Å². The predicted octanol–water partition coefficient (Wildman–Crippen LogP) is 2.90. The van der Waals surface area contributed by atoms with E-state index in [1.165, 1.54) is 13.2 Å². The first kappa shape index (κ1) is 13.3. The average molecular weight is 254 g/mol. The fraction of sp³-hybridized carbons (Fsp3) is 0.500. The van der Waals surface area contributed by atoms with Crippen molar-refractivity contribution in [2.45, 2.75) is 18.0 Å². The second kappa shape index (κ2) is 5.50. The molecule has 0 aromatic carbocycles. The number of nitrogens with zero attached hydrogens (tertiary/aromatic N) is 1. The molecule has 0 aliphatic rings. The van der Waals surface area contributed by atoms with E-state index < -0.39 is 11.7 Å². The summed E-state index contributed by atoms with van der Waals surface area (Å²) in [7, 11) is 1.51. The van der Waals surface area contributed by atoms with Crippen molar-refractivity contribution in [3.63, 3.8) is 0 Å². The van der Waals surface area contributed by atoms with Crippen LogP contribution in [-0.2, 0) is 17.3 Å². The van der Waals surface area contributed by atoms with E-state index >= 15 is 0 Å². The summed E-state index contributed by atoms with van der Waals surface area (Å²) in [5.74, 6) is 0. The molecule has 0 saturated heterocycles. The van der Waals surface area contributed by atoms with E-state index in [2.05, 4.69) is 4.98 Å². The van der Waals surface area contributed by atoms with Gasteiger partial charge in [-0.1, -0.05) is 0 Å². The van der Waals surface area contributed by atoms with Crippen molar-refractivity contribution < 1.29 is 17.9 Å². The molecule has 1 aromatic rings. The van der Waals surface area contributed by atoms with Crippen LogP contribution >= 0.6 is 11.6 Å². The second-order valence-electron chi connectivity index (χ2n) is 3.29. The maximum atomic E-state index is 12.2. The summed E-state index contributed by atoms with van der Waals surface area (Å²) in [6.07, 6.45) is -3.16. The molecular formula is C10H11ClF3NO. The summed E-state index contributed by atoms with van der Waals surface area (Å²) < 4.78 is 41.5. The van der Waals surface area contributed by atoms with Gasteiger partial charge >= 0.3 is 6.18 Å². The number of rotatable bonds is 4. The van der Waals surface area contributed by atoms with Gasteiger partial charge in [0.15, 0.2) is 0 Å². The van der Waals surface area contributed by atoms with Gasteiger partial charge < -0.3 is 4.74 Å². The number of hydrogen-bond acceptors (Lipinski definition) is 2. The van der Waals surface area contributed by atoms with Gasteiger partial charge in [-0.2, -0.15) is 13.2 Å². The second-order valence-corrected chi connectivity index (χ2v) is 3.91. The van der Waals surface area contributed by atoms with Crippen LogP contribution in [0.2, 0.25) is 0 Å². The van der Waals surface area contributed by atoms with Crippen LogP contribution in [0.3, 0.4) is 0 Å². The van der Waals surface area contributed by atoms with Gasteiger partial charge in [0.25, 0.3) is 0 Å². The first-order valence-corrected chi connectivity index (χ1v) is 5.02. The first-order valence-electron chi connectivity index (χ1n) is 4.58. The Morgan fingerprint density at radius 2 is 2.12 bits per heavy atom. The van der Waals surface area contributed by atoms with Gasteiger partial charge in [-0.05, 0) is 12.1 Å². The SMILES string of the molecule is COCC(Cl)Cc1ccc(C(F)(F)F)cn1.